The SMILES string of the molecule is CON(C)C(=O)CCc1ccc2c(n1)N(P)CCC2. The van der Waals surface area contributed by atoms with E-state index in [2.05, 4.69) is 25.1 Å². The Labute approximate surface area is 116 Å². The van der Waals surface area contributed by atoms with Gasteiger partial charge in [-0.2, -0.15) is 0 Å². The van der Waals surface area contributed by atoms with E-state index in [0.29, 0.717) is 12.8 Å². The van der Waals surface area contributed by atoms with Crippen molar-refractivity contribution >= 4 is 21.1 Å². The molecule has 0 spiro atoms. The van der Waals surface area contributed by atoms with Crippen LogP contribution in [-0.2, 0) is 22.5 Å². The Balaban J connectivity index is 2.02. The van der Waals surface area contributed by atoms with Gasteiger partial charge in [-0.1, -0.05) is 6.07 Å². The first-order chi connectivity index (χ1) is 9.11. The molecule has 1 unspecified atom stereocenters. The molecule has 0 bridgehead atoms. The molecule has 2 heterocycles. The lowest BCUT2D eigenvalue weighted by Crippen LogP contribution is -2.25. The Hall–Kier alpha value is -1.19. The highest BCUT2D eigenvalue weighted by molar-refractivity contribution is 7.19. The Morgan fingerprint density at radius 2 is 2.37 bits per heavy atom. The van der Waals surface area contributed by atoms with Crippen LogP contribution in [0.15, 0.2) is 12.1 Å². The molecule has 0 aromatic carbocycles. The summed E-state index contributed by atoms with van der Waals surface area (Å²) >= 11 is 0. The fourth-order valence-electron chi connectivity index (χ4n) is 2.14. The van der Waals surface area contributed by atoms with Crippen molar-refractivity contribution in [3.8, 4) is 0 Å². The molecular formula is C13H20N3O2P. The number of aryl methyl sites for hydroxylation is 2. The van der Waals surface area contributed by atoms with Crippen LogP contribution in [0.2, 0.25) is 0 Å². The Bertz CT molecular complexity index is 467. The molecule has 0 fully saturated rings. The van der Waals surface area contributed by atoms with Crippen LogP contribution in [0.1, 0.15) is 24.1 Å². The molecule has 1 amide bonds. The number of fused-ring (bicyclic) bond motifs is 1. The highest BCUT2D eigenvalue weighted by Crippen LogP contribution is 2.27. The van der Waals surface area contributed by atoms with Crippen molar-refractivity contribution < 1.29 is 9.63 Å². The smallest absolute Gasteiger partial charge is 0.246 e. The zero-order chi connectivity index (χ0) is 13.8. The lowest BCUT2D eigenvalue weighted by Gasteiger charge is -2.26. The van der Waals surface area contributed by atoms with E-state index in [4.69, 9.17) is 4.84 Å². The van der Waals surface area contributed by atoms with Crippen molar-refractivity contribution in [2.24, 2.45) is 0 Å². The molecule has 6 heteroatoms. The van der Waals surface area contributed by atoms with Crippen LogP contribution in [0, 0.1) is 0 Å². The van der Waals surface area contributed by atoms with E-state index in [9.17, 15) is 4.79 Å². The van der Waals surface area contributed by atoms with Crippen LogP contribution < -0.4 is 4.67 Å². The first-order valence-electron chi connectivity index (χ1n) is 6.43. The van der Waals surface area contributed by atoms with Gasteiger partial charge < -0.3 is 4.67 Å². The van der Waals surface area contributed by atoms with Gasteiger partial charge in [-0.25, -0.2) is 10.0 Å². The normalized spacial score (nSPS) is 14.2. The second-order valence-corrected chi connectivity index (χ2v) is 5.28. The van der Waals surface area contributed by atoms with Gasteiger partial charge in [0.1, 0.15) is 5.82 Å². The number of carbonyl (C=O) groups excluding carboxylic acids is 1. The van der Waals surface area contributed by atoms with Gasteiger partial charge in [-0.3, -0.25) is 9.63 Å². The van der Waals surface area contributed by atoms with Gasteiger partial charge in [0.2, 0.25) is 5.91 Å². The minimum Gasteiger partial charge on any atom is -0.341 e. The molecule has 1 atom stereocenters. The number of rotatable bonds is 4. The van der Waals surface area contributed by atoms with Crippen molar-refractivity contribution in [3.05, 3.63) is 23.4 Å². The monoisotopic (exact) mass is 281 g/mol. The van der Waals surface area contributed by atoms with E-state index in [1.54, 1.807) is 7.05 Å². The van der Waals surface area contributed by atoms with Gasteiger partial charge in [-0.15, -0.1) is 0 Å². The lowest BCUT2D eigenvalue weighted by atomic mass is 10.1. The predicted molar refractivity (Wildman–Crippen MR) is 77.7 cm³/mol. The first-order valence-corrected chi connectivity index (χ1v) is 6.95. The van der Waals surface area contributed by atoms with Gasteiger partial charge in [0, 0.05) is 25.7 Å². The molecule has 1 aromatic heterocycles. The number of hydrogen-bond donors (Lipinski definition) is 0. The summed E-state index contributed by atoms with van der Waals surface area (Å²) in [6, 6.07) is 4.14. The van der Waals surface area contributed by atoms with Crippen molar-refractivity contribution in [2.45, 2.75) is 25.7 Å². The summed E-state index contributed by atoms with van der Waals surface area (Å²) < 4.78 is 2.10. The maximum absolute atomic E-state index is 11.7. The molecule has 0 saturated carbocycles. The molecule has 0 N–H and O–H groups in total. The molecule has 0 aliphatic carbocycles. The Kier molecular flexibility index (Phi) is 4.72. The molecule has 0 saturated heterocycles. The quantitative estimate of drug-likeness (QED) is 0.621. The predicted octanol–water partition coefficient (Wildman–Crippen LogP) is 1.58. The van der Waals surface area contributed by atoms with E-state index in [0.717, 1.165) is 30.9 Å². The summed E-state index contributed by atoms with van der Waals surface area (Å²) in [5.74, 6) is 0.992. The molecule has 1 aromatic rings. The maximum atomic E-state index is 11.7. The van der Waals surface area contributed by atoms with Gasteiger partial charge in [0.05, 0.1) is 7.11 Å². The van der Waals surface area contributed by atoms with E-state index in [1.165, 1.54) is 17.7 Å². The maximum Gasteiger partial charge on any atom is 0.246 e. The third-order valence-corrected chi connectivity index (χ3v) is 3.85. The molecule has 19 heavy (non-hydrogen) atoms. The molecule has 104 valence electrons. The van der Waals surface area contributed by atoms with Gasteiger partial charge in [0.15, 0.2) is 0 Å². The van der Waals surface area contributed by atoms with Gasteiger partial charge >= 0.3 is 0 Å². The van der Waals surface area contributed by atoms with Crippen LogP contribution in [0.25, 0.3) is 0 Å². The van der Waals surface area contributed by atoms with Crippen LogP contribution in [-0.4, -0.2) is 36.7 Å². The molecule has 2 rings (SSSR count). The molecule has 0 radical (unpaired) electrons. The average molecular weight is 281 g/mol. The zero-order valence-corrected chi connectivity index (χ0v) is 12.6. The zero-order valence-electron chi connectivity index (χ0n) is 11.4. The molecular weight excluding hydrogens is 261 g/mol. The van der Waals surface area contributed by atoms with Crippen molar-refractivity contribution in [3.63, 3.8) is 0 Å². The number of aromatic nitrogens is 1. The summed E-state index contributed by atoms with van der Waals surface area (Å²) in [5, 5.41) is 1.25. The minimum atomic E-state index is -0.0373. The summed E-state index contributed by atoms with van der Waals surface area (Å²) in [6.07, 6.45) is 3.29. The fraction of sp³-hybridized carbons (Fsp3) is 0.538. The second kappa shape index (κ2) is 6.31. The van der Waals surface area contributed by atoms with Crippen LogP contribution >= 0.6 is 9.39 Å². The van der Waals surface area contributed by atoms with E-state index in [1.807, 2.05) is 6.07 Å². The van der Waals surface area contributed by atoms with Gasteiger partial charge in [-0.05, 0) is 40.3 Å². The number of amides is 1. The van der Waals surface area contributed by atoms with E-state index < -0.39 is 0 Å². The summed E-state index contributed by atoms with van der Waals surface area (Å²) in [4.78, 5) is 21.2. The third-order valence-electron chi connectivity index (χ3n) is 3.35. The average Bonchev–Trinajstić information content (AvgIpc) is 2.44. The van der Waals surface area contributed by atoms with Crippen molar-refractivity contribution in [1.29, 1.82) is 0 Å². The van der Waals surface area contributed by atoms with Crippen molar-refractivity contribution in [1.82, 2.24) is 10.0 Å². The lowest BCUT2D eigenvalue weighted by molar-refractivity contribution is -0.168. The first kappa shape index (κ1) is 14.2. The number of pyridine rings is 1. The fourth-order valence-corrected chi connectivity index (χ4v) is 2.55. The van der Waals surface area contributed by atoms with E-state index >= 15 is 0 Å². The topological polar surface area (TPSA) is 45.7 Å². The summed E-state index contributed by atoms with van der Waals surface area (Å²) in [7, 11) is 5.81. The summed E-state index contributed by atoms with van der Waals surface area (Å²) in [6.45, 7) is 1.01. The third kappa shape index (κ3) is 3.43. The number of hydroxylamine groups is 2. The Morgan fingerprint density at radius 1 is 1.58 bits per heavy atom. The van der Waals surface area contributed by atoms with Crippen molar-refractivity contribution in [2.75, 3.05) is 25.4 Å². The highest BCUT2D eigenvalue weighted by atomic mass is 31.0. The van der Waals surface area contributed by atoms with Gasteiger partial charge in [0.25, 0.3) is 0 Å². The standard InChI is InChI=1S/C13H20N3O2P/c1-15(18-2)12(17)8-7-11-6-5-10-4-3-9-16(19)13(10)14-11/h5-6H,3-4,7-9,19H2,1-2H3. The number of carbonyl (C=O) groups is 1. The molecule has 1 aliphatic rings. The number of hydrogen-bond acceptors (Lipinski definition) is 4. The highest BCUT2D eigenvalue weighted by Gasteiger charge is 2.16. The van der Waals surface area contributed by atoms with E-state index in [-0.39, 0.29) is 5.91 Å². The van der Waals surface area contributed by atoms with Crippen LogP contribution in [0.4, 0.5) is 5.82 Å². The van der Waals surface area contributed by atoms with Crippen LogP contribution in [0.5, 0.6) is 0 Å². The largest absolute Gasteiger partial charge is 0.341 e. The second-order valence-electron chi connectivity index (χ2n) is 4.66. The van der Waals surface area contributed by atoms with Crippen LogP contribution in [0.3, 0.4) is 0 Å². The number of anilines is 1. The number of nitrogens with zero attached hydrogens (tertiary/aromatic N) is 3. The molecule has 1 aliphatic heterocycles. The minimum absolute atomic E-state index is 0.0373. The Morgan fingerprint density at radius 3 is 3.11 bits per heavy atom. The molecule has 5 nitrogen and oxygen atoms in total. The summed E-state index contributed by atoms with van der Waals surface area (Å²) in [5.41, 5.74) is 2.23.